The van der Waals surface area contributed by atoms with Crippen molar-refractivity contribution in [2.75, 3.05) is 0 Å². The van der Waals surface area contributed by atoms with Gasteiger partial charge in [-0.3, -0.25) is 0 Å². The van der Waals surface area contributed by atoms with E-state index in [4.69, 9.17) is 0 Å². The van der Waals surface area contributed by atoms with Gasteiger partial charge in [-0.2, -0.15) is 13.2 Å². The van der Waals surface area contributed by atoms with Crippen LogP contribution in [0.25, 0.3) is 0 Å². The summed E-state index contributed by atoms with van der Waals surface area (Å²) in [5.74, 6) is 0.199. The highest BCUT2D eigenvalue weighted by Gasteiger charge is 2.30. The topological polar surface area (TPSA) is 32.3 Å². The number of halogens is 3. The molecule has 1 unspecified atom stereocenters. The third kappa shape index (κ3) is 3.98. The summed E-state index contributed by atoms with van der Waals surface area (Å²) in [6.07, 6.45) is -4.31. The third-order valence-corrected chi connectivity index (χ3v) is 3.33. The maximum Gasteiger partial charge on any atom is 0.416 e. The summed E-state index contributed by atoms with van der Waals surface area (Å²) in [5, 5.41) is 12.8. The van der Waals surface area contributed by atoms with Gasteiger partial charge in [0.05, 0.1) is 5.56 Å². The van der Waals surface area contributed by atoms with Crippen LogP contribution in [0.2, 0.25) is 0 Å². The van der Waals surface area contributed by atoms with Crippen LogP contribution < -0.4 is 5.32 Å². The SMILES string of the molecule is CC(NCc1ccccc1O)c1ccc(C(F)(F)F)cc1. The molecule has 2 N–H and O–H groups in total. The predicted octanol–water partition coefficient (Wildman–Crippen LogP) is 4.26. The first-order valence-corrected chi connectivity index (χ1v) is 6.55. The number of phenolic OH excluding ortho intramolecular Hbond substituents is 1. The van der Waals surface area contributed by atoms with Crippen molar-refractivity contribution in [3.05, 3.63) is 65.2 Å². The summed E-state index contributed by atoms with van der Waals surface area (Å²) in [5.41, 5.74) is 0.855. The van der Waals surface area contributed by atoms with Gasteiger partial charge in [-0.1, -0.05) is 30.3 Å². The first kappa shape index (κ1) is 15.4. The van der Waals surface area contributed by atoms with Gasteiger partial charge in [0.2, 0.25) is 0 Å². The van der Waals surface area contributed by atoms with E-state index < -0.39 is 11.7 Å². The third-order valence-electron chi connectivity index (χ3n) is 3.33. The number of para-hydroxylation sites is 1. The maximum atomic E-state index is 12.5. The number of benzene rings is 2. The van der Waals surface area contributed by atoms with Crippen molar-refractivity contribution in [2.24, 2.45) is 0 Å². The van der Waals surface area contributed by atoms with Gasteiger partial charge < -0.3 is 10.4 Å². The van der Waals surface area contributed by atoms with E-state index in [0.717, 1.165) is 23.3 Å². The van der Waals surface area contributed by atoms with E-state index in [1.165, 1.54) is 12.1 Å². The molecule has 5 heteroatoms. The van der Waals surface area contributed by atoms with Gasteiger partial charge in [0.25, 0.3) is 0 Å². The minimum atomic E-state index is -4.31. The molecule has 21 heavy (non-hydrogen) atoms. The first-order chi connectivity index (χ1) is 9.88. The minimum absolute atomic E-state index is 0.119. The van der Waals surface area contributed by atoms with Gasteiger partial charge >= 0.3 is 6.18 Å². The molecule has 0 amide bonds. The lowest BCUT2D eigenvalue weighted by molar-refractivity contribution is -0.137. The second-order valence-electron chi connectivity index (χ2n) is 4.85. The lowest BCUT2D eigenvalue weighted by Gasteiger charge is -2.16. The first-order valence-electron chi connectivity index (χ1n) is 6.55. The predicted molar refractivity (Wildman–Crippen MR) is 74.8 cm³/mol. The average molecular weight is 295 g/mol. The Labute approximate surface area is 121 Å². The number of phenols is 1. The van der Waals surface area contributed by atoms with E-state index >= 15 is 0 Å². The lowest BCUT2D eigenvalue weighted by atomic mass is 10.1. The molecule has 0 aliphatic rings. The highest BCUT2D eigenvalue weighted by molar-refractivity contribution is 5.32. The maximum absolute atomic E-state index is 12.5. The van der Waals surface area contributed by atoms with Gasteiger partial charge in [0.15, 0.2) is 0 Å². The van der Waals surface area contributed by atoms with Gasteiger partial charge in [-0.05, 0) is 30.7 Å². The van der Waals surface area contributed by atoms with E-state index in [0.29, 0.717) is 6.54 Å². The van der Waals surface area contributed by atoms with E-state index in [-0.39, 0.29) is 11.8 Å². The molecule has 2 aromatic rings. The van der Waals surface area contributed by atoms with Crippen LogP contribution in [0, 0.1) is 0 Å². The molecular formula is C16H16F3NO. The molecule has 112 valence electrons. The summed E-state index contributed by atoms with van der Waals surface area (Å²) in [6, 6.07) is 11.9. The number of aromatic hydroxyl groups is 1. The Morgan fingerprint density at radius 2 is 1.67 bits per heavy atom. The van der Waals surface area contributed by atoms with Gasteiger partial charge in [-0.15, -0.1) is 0 Å². The summed E-state index contributed by atoms with van der Waals surface area (Å²) >= 11 is 0. The van der Waals surface area contributed by atoms with Gasteiger partial charge in [-0.25, -0.2) is 0 Å². The zero-order chi connectivity index (χ0) is 15.5. The Bertz CT molecular complexity index is 593. The van der Waals surface area contributed by atoms with Crippen molar-refractivity contribution in [1.82, 2.24) is 5.32 Å². The van der Waals surface area contributed by atoms with Crippen molar-refractivity contribution >= 4 is 0 Å². The molecule has 0 aliphatic heterocycles. The molecule has 2 aromatic carbocycles. The van der Waals surface area contributed by atoms with Crippen LogP contribution in [0.1, 0.15) is 29.7 Å². The smallest absolute Gasteiger partial charge is 0.416 e. The molecule has 2 rings (SSSR count). The Hall–Kier alpha value is -2.01. The van der Waals surface area contributed by atoms with Crippen LogP contribution in [0.4, 0.5) is 13.2 Å². The largest absolute Gasteiger partial charge is 0.508 e. The van der Waals surface area contributed by atoms with Crippen LogP contribution >= 0.6 is 0 Å². The molecule has 0 aliphatic carbocycles. The number of hydrogen-bond donors (Lipinski definition) is 2. The van der Waals surface area contributed by atoms with Crippen molar-refractivity contribution in [3.63, 3.8) is 0 Å². The molecule has 1 atom stereocenters. The Morgan fingerprint density at radius 3 is 2.24 bits per heavy atom. The summed E-state index contributed by atoms with van der Waals surface area (Å²) in [6.45, 7) is 2.30. The lowest BCUT2D eigenvalue weighted by Crippen LogP contribution is -2.18. The fourth-order valence-electron chi connectivity index (χ4n) is 2.00. The fraction of sp³-hybridized carbons (Fsp3) is 0.250. The average Bonchev–Trinajstić information content (AvgIpc) is 2.45. The molecule has 0 saturated heterocycles. The summed E-state index contributed by atoms with van der Waals surface area (Å²) in [4.78, 5) is 0. The van der Waals surface area contributed by atoms with Crippen molar-refractivity contribution in [2.45, 2.75) is 25.7 Å². The van der Waals surface area contributed by atoms with Crippen LogP contribution in [-0.4, -0.2) is 5.11 Å². The van der Waals surface area contributed by atoms with E-state index in [1.54, 1.807) is 18.2 Å². The molecule has 0 spiro atoms. The minimum Gasteiger partial charge on any atom is -0.508 e. The summed E-state index contributed by atoms with van der Waals surface area (Å²) in [7, 11) is 0. The molecule has 2 nitrogen and oxygen atoms in total. The number of rotatable bonds is 4. The zero-order valence-corrected chi connectivity index (χ0v) is 11.5. The Morgan fingerprint density at radius 1 is 1.05 bits per heavy atom. The second kappa shape index (κ2) is 6.18. The molecule has 0 heterocycles. The van der Waals surface area contributed by atoms with Gasteiger partial charge in [0.1, 0.15) is 5.75 Å². The van der Waals surface area contributed by atoms with E-state index in [9.17, 15) is 18.3 Å². The number of hydrogen-bond acceptors (Lipinski definition) is 2. The van der Waals surface area contributed by atoms with Crippen LogP contribution in [-0.2, 0) is 12.7 Å². The summed E-state index contributed by atoms with van der Waals surface area (Å²) < 4.78 is 37.5. The quantitative estimate of drug-likeness (QED) is 0.883. The van der Waals surface area contributed by atoms with Crippen molar-refractivity contribution in [1.29, 1.82) is 0 Å². The molecule has 0 bridgehead atoms. The van der Waals surface area contributed by atoms with Crippen LogP contribution in [0.3, 0.4) is 0 Å². The van der Waals surface area contributed by atoms with Crippen molar-refractivity contribution in [3.8, 4) is 5.75 Å². The number of alkyl halides is 3. The molecule has 0 radical (unpaired) electrons. The fourth-order valence-corrected chi connectivity index (χ4v) is 2.00. The van der Waals surface area contributed by atoms with Crippen molar-refractivity contribution < 1.29 is 18.3 Å². The van der Waals surface area contributed by atoms with Crippen LogP contribution in [0.15, 0.2) is 48.5 Å². The zero-order valence-electron chi connectivity index (χ0n) is 11.5. The number of nitrogens with one attached hydrogen (secondary N) is 1. The standard InChI is InChI=1S/C16H16F3NO/c1-11(20-10-13-4-2-3-5-15(13)21)12-6-8-14(9-7-12)16(17,18)19/h2-9,11,20-21H,10H2,1H3. The highest BCUT2D eigenvalue weighted by atomic mass is 19.4. The normalized spacial score (nSPS) is 13.1. The van der Waals surface area contributed by atoms with E-state index in [1.807, 2.05) is 13.0 Å². The molecule has 0 aromatic heterocycles. The second-order valence-corrected chi connectivity index (χ2v) is 4.85. The monoisotopic (exact) mass is 295 g/mol. The van der Waals surface area contributed by atoms with Crippen LogP contribution in [0.5, 0.6) is 5.75 Å². The Kier molecular flexibility index (Phi) is 4.53. The highest BCUT2D eigenvalue weighted by Crippen LogP contribution is 2.30. The molecule has 0 fully saturated rings. The van der Waals surface area contributed by atoms with E-state index in [2.05, 4.69) is 5.32 Å². The molecular weight excluding hydrogens is 279 g/mol. The molecule has 0 saturated carbocycles. The Balaban J connectivity index is 2.01. The van der Waals surface area contributed by atoms with Gasteiger partial charge in [0, 0.05) is 18.2 Å².